The summed E-state index contributed by atoms with van der Waals surface area (Å²) in [4.78, 5) is 32.7. The molecule has 19 aromatic rings. The topological polar surface area (TPSA) is 168 Å². The van der Waals surface area contributed by atoms with Crippen LogP contribution in [0.3, 0.4) is 0 Å². The van der Waals surface area contributed by atoms with Gasteiger partial charge in [0.1, 0.15) is 33.6 Å². The Hall–Kier alpha value is -11.7. The lowest BCUT2D eigenvalue weighted by Crippen LogP contribution is -1.96. The Balaban J connectivity index is 0.000000117. The molecule has 0 N–H and O–H groups in total. The van der Waals surface area contributed by atoms with E-state index in [2.05, 4.69) is 225 Å². The van der Waals surface area contributed by atoms with E-state index in [4.69, 9.17) is 40.4 Å². The van der Waals surface area contributed by atoms with E-state index < -0.39 is 0 Å². The first-order valence-corrected chi connectivity index (χ1v) is 38.9. The van der Waals surface area contributed by atoms with Crippen molar-refractivity contribution in [3.05, 3.63) is 302 Å². The number of halogens is 1. The van der Waals surface area contributed by atoms with Crippen LogP contribution < -0.4 is 0 Å². The first kappa shape index (κ1) is 66.6. The molecule has 0 aliphatic rings. The number of alkyl halides is 1. The van der Waals surface area contributed by atoms with Crippen LogP contribution in [0.4, 0.5) is 0 Å². The molecule has 0 unspecified atom stereocenters. The Labute approximate surface area is 631 Å². The molecule has 0 atom stereocenters. The van der Waals surface area contributed by atoms with Gasteiger partial charge in [0.2, 0.25) is 0 Å². The predicted octanol–water partition coefficient (Wildman–Crippen LogP) is 25.1. The lowest BCUT2D eigenvalue weighted by molar-refractivity contribution is 0.315. The number of benzene rings is 6. The van der Waals surface area contributed by atoms with Gasteiger partial charge in [0.15, 0.2) is 16.6 Å². The summed E-state index contributed by atoms with van der Waals surface area (Å²) in [7, 11) is 0. The van der Waals surface area contributed by atoms with Crippen molar-refractivity contribution in [2.24, 2.45) is 0 Å². The van der Waals surface area contributed by atoms with Crippen LogP contribution in [0.1, 0.15) is 29.6 Å². The van der Waals surface area contributed by atoms with Gasteiger partial charge in [-0.3, -0.25) is 4.98 Å². The molecule has 0 aliphatic heterocycles. The summed E-state index contributed by atoms with van der Waals surface area (Å²) in [5.41, 5.74) is 20.0. The van der Waals surface area contributed by atoms with Crippen LogP contribution in [0.25, 0.3) is 171 Å². The maximum absolute atomic E-state index is 6.40. The molecule has 13 nitrogen and oxygen atoms in total. The van der Waals surface area contributed by atoms with Gasteiger partial charge >= 0.3 is 0 Å². The molecule has 0 aliphatic carbocycles. The molecule has 19 rings (SSSR count). The van der Waals surface area contributed by atoms with Gasteiger partial charge < -0.3 is 0 Å². The Morgan fingerprint density at radius 1 is 0.286 bits per heavy atom. The van der Waals surface area contributed by atoms with Gasteiger partial charge in [-0.2, -0.15) is 0 Å². The summed E-state index contributed by atoms with van der Waals surface area (Å²) < 4.78 is 15.8. The largest absolute Gasteiger partial charge is 0.265 e. The average Bonchev–Trinajstić information content (AvgIpc) is 1.66. The highest BCUT2D eigenvalue weighted by molar-refractivity contribution is 7.21. The summed E-state index contributed by atoms with van der Waals surface area (Å²) in [6.07, 6.45) is 8.45. The number of pyridine rings is 4. The Morgan fingerprint density at radius 3 is 0.905 bits per heavy atom. The van der Waals surface area contributed by atoms with Crippen LogP contribution in [0.2, 0.25) is 0 Å². The van der Waals surface area contributed by atoms with E-state index in [-0.39, 0.29) is 5.88 Å². The van der Waals surface area contributed by atoms with Crippen LogP contribution in [-0.4, -0.2) is 50.9 Å². The maximum Gasteiger partial charge on any atom is 0.163 e. The molecule has 13 aromatic heterocycles. The molecule has 0 saturated heterocycles. The minimum absolute atomic E-state index is 0.265. The first-order chi connectivity index (χ1) is 52.0. The third-order valence-electron chi connectivity index (χ3n) is 17.4. The normalized spacial score (nSPS) is 11.4. The number of hydrogen-bond acceptors (Lipinski definition) is 19. The first-order valence-electron chi connectivity index (χ1n) is 33.5. The number of hydrogen-bond donors (Lipinski definition) is 0. The zero-order chi connectivity index (χ0) is 70.4. The third kappa shape index (κ3) is 13.8. The fourth-order valence-electron chi connectivity index (χ4n) is 12.4. The fraction of sp³-hybridized carbons (Fsp3) is 0.0353. The lowest BCUT2D eigenvalue weighted by Gasteiger charge is -2.08. The highest BCUT2D eigenvalue weighted by atomic mass is 35.5. The van der Waals surface area contributed by atoms with E-state index in [0.717, 1.165) is 97.6 Å². The fourth-order valence-corrected chi connectivity index (χ4v) is 18.8. The summed E-state index contributed by atoms with van der Waals surface area (Å²) in [6.45, 7) is 2.13. The van der Waals surface area contributed by atoms with Gasteiger partial charge in [0, 0.05) is 73.0 Å². The Morgan fingerprint density at radius 2 is 0.562 bits per heavy atom. The molecule has 0 saturated carbocycles. The van der Waals surface area contributed by atoms with Gasteiger partial charge in [-0.05, 0) is 167 Å². The second kappa shape index (κ2) is 30.3. The van der Waals surface area contributed by atoms with Crippen molar-refractivity contribution in [1.82, 2.24) is 50.9 Å². The van der Waals surface area contributed by atoms with Crippen molar-refractivity contribution in [3.8, 4) is 126 Å². The number of rotatable bonds is 16. The van der Waals surface area contributed by atoms with Crippen LogP contribution in [0.5, 0.6) is 0 Å². The number of nitrogens with zero attached hydrogens (tertiary/aromatic N) is 10. The van der Waals surface area contributed by atoms with Crippen LogP contribution >= 0.6 is 79.6 Å². The maximum atomic E-state index is 6.40. The number of fused-ring (bicyclic) bond motifs is 3. The molecular formula is C85H55ClN10O3S6. The quantitative estimate of drug-likeness (QED) is 0.0839. The summed E-state index contributed by atoms with van der Waals surface area (Å²) in [5.74, 6) is 0.265. The number of aryl methyl sites for hydroxylation is 1. The number of aromatic nitrogens is 10. The van der Waals surface area contributed by atoms with Gasteiger partial charge in [-0.25, -0.2) is 28.8 Å². The van der Waals surface area contributed by atoms with Gasteiger partial charge in [0.25, 0.3) is 0 Å². The molecule has 6 aromatic carbocycles. The van der Waals surface area contributed by atoms with Crippen molar-refractivity contribution in [1.29, 1.82) is 0 Å². The SMILES string of the molecule is C(=C\c1nc(-c2ccc(-c3ccccc3)s2)c2nonc2c1-c1ccc(-c2ccccc2)s1)/c1ccncc1.CCc1nc(-c2ccc(-c3ccccc3)s2)c2nonc2c1-c1ccc(-c2ccccc2)s1.ClCc1nc(-c2ccc(-c3ccccc3)s2)c2nonc2c1-c1ccc(-c2ccccc2)s1. The molecular weight excluding hydrogens is 1440 g/mol. The molecule has 506 valence electrons. The Bertz CT molecular complexity index is 5970. The lowest BCUT2D eigenvalue weighted by atomic mass is 10.1. The molecule has 105 heavy (non-hydrogen) atoms. The van der Waals surface area contributed by atoms with E-state index in [1.165, 1.54) is 62.6 Å². The molecule has 20 heteroatoms. The summed E-state index contributed by atoms with van der Waals surface area (Å²) in [6, 6.07) is 91.5. The van der Waals surface area contributed by atoms with Crippen molar-refractivity contribution in [3.63, 3.8) is 0 Å². The zero-order valence-corrected chi connectivity index (χ0v) is 61.3. The zero-order valence-electron chi connectivity index (χ0n) is 55.7. The Kier molecular flexibility index (Phi) is 19.2. The minimum Gasteiger partial charge on any atom is -0.265 e. The standard InChI is InChI=1S/C32H20N4OS2.C27H19N3OS2.C26H16ClN3OS2/c1-3-7-22(8-4-1)25-13-15-27(38-25)29-24(12-11-21-17-19-33-20-18-21)34-30(32-31(29)35-37-36-32)28-16-14-26(39-28)23-9-5-2-6-10-23;1-2-19-24(22-15-13-20(32-22)17-9-5-3-6-10-17)26-27(30-31-29-26)25(28-19)23-16-14-21(33-23)18-11-7-4-8-12-18;27-15-18-23(21-13-11-19(32-21)16-7-3-1-4-8-16)25-26(30-31-29-25)24(28-18)22-14-12-20(33-22)17-9-5-2-6-10-17/h1-20H;3-16H,2H2,1H3;1-14H,15H2/b12-11+;;. The van der Waals surface area contributed by atoms with Gasteiger partial charge in [0.05, 0.1) is 37.6 Å². The van der Waals surface area contributed by atoms with Crippen molar-refractivity contribution >= 4 is 125 Å². The second-order valence-corrected chi connectivity index (χ2v) is 30.7. The molecule has 0 radical (unpaired) electrons. The monoisotopic (exact) mass is 1490 g/mol. The summed E-state index contributed by atoms with van der Waals surface area (Å²) in [5, 5.41) is 25.8. The van der Waals surface area contributed by atoms with Gasteiger partial charge in [-0.15, -0.1) is 79.6 Å². The molecule has 0 amide bonds. The molecule has 0 spiro atoms. The third-order valence-corrected chi connectivity index (χ3v) is 24.6. The van der Waals surface area contributed by atoms with Crippen LogP contribution in [-0.2, 0) is 12.3 Å². The van der Waals surface area contributed by atoms with E-state index in [1.54, 1.807) is 80.4 Å². The van der Waals surface area contributed by atoms with E-state index >= 15 is 0 Å². The molecule has 0 fully saturated rings. The van der Waals surface area contributed by atoms with E-state index in [9.17, 15) is 0 Å². The van der Waals surface area contributed by atoms with Crippen LogP contribution in [0.15, 0.2) is 293 Å². The van der Waals surface area contributed by atoms with Crippen molar-refractivity contribution in [2.75, 3.05) is 0 Å². The highest BCUT2D eigenvalue weighted by Crippen LogP contribution is 2.47. The van der Waals surface area contributed by atoms with Gasteiger partial charge in [-0.1, -0.05) is 195 Å². The second-order valence-electron chi connectivity index (χ2n) is 23.9. The van der Waals surface area contributed by atoms with Crippen molar-refractivity contribution in [2.45, 2.75) is 19.2 Å². The van der Waals surface area contributed by atoms with Crippen LogP contribution in [0, 0.1) is 0 Å². The number of thiophene rings is 6. The average molecular weight is 1490 g/mol. The molecule has 13 heterocycles. The molecule has 0 bridgehead atoms. The highest BCUT2D eigenvalue weighted by Gasteiger charge is 2.27. The minimum atomic E-state index is 0.265. The van der Waals surface area contributed by atoms with Crippen molar-refractivity contribution < 1.29 is 13.9 Å². The summed E-state index contributed by atoms with van der Waals surface area (Å²) >= 11 is 16.6. The smallest absolute Gasteiger partial charge is 0.163 e. The predicted molar refractivity (Wildman–Crippen MR) is 433 cm³/mol. The van der Waals surface area contributed by atoms with E-state index in [0.29, 0.717) is 27.6 Å². The van der Waals surface area contributed by atoms with E-state index in [1.807, 2.05) is 97.1 Å².